The largest absolute Gasteiger partial charge is 0.508 e. The van der Waals surface area contributed by atoms with Crippen LogP contribution in [0.4, 0.5) is 5.82 Å². The topological polar surface area (TPSA) is 75.1 Å². The maximum atomic E-state index is 13.0. The number of hydrogen-bond donors (Lipinski definition) is 2. The van der Waals surface area contributed by atoms with Gasteiger partial charge in [0.2, 0.25) is 5.91 Å². The third-order valence-electron chi connectivity index (χ3n) is 5.87. The summed E-state index contributed by atoms with van der Waals surface area (Å²) in [6, 6.07) is 21.0. The summed E-state index contributed by atoms with van der Waals surface area (Å²) in [7, 11) is 0. The number of carbonyl (C=O) groups excluding carboxylic acids is 1. The number of anilines is 1. The molecule has 5 rings (SSSR count). The van der Waals surface area contributed by atoms with Gasteiger partial charge in [-0.05, 0) is 52.6 Å². The Morgan fingerprint density at radius 2 is 1.80 bits per heavy atom. The Morgan fingerprint density at radius 3 is 2.66 bits per heavy atom. The van der Waals surface area contributed by atoms with Gasteiger partial charge in [-0.15, -0.1) is 0 Å². The summed E-state index contributed by atoms with van der Waals surface area (Å²) in [5, 5.41) is 14.9. The van der Waals surface area contributed by atoms with Crippen molar-refractivity contribution < 1.29 is 9.90 Å². The van der Waals surface area contributed by atoms with E-state index in [4.69, 9.17) is 4.98 Å². The second kappa shape index (κ2) is 10.2. The van der Waals surface area contributed by atoms with Crippen molar-refractivity contribution in [2.45, 2.75) is 19.3 Å². The lowest BCUT2D eigenvalue weighted by molar-refractivity contribution is -0.115. The van der Waals surface area contributed by atoms with E-state index >= 15 is 0 Å². The number of aromatic nitrogens is 2. The summed E-state index contributed by atoms with van der Waals surface area (Å²) >= 11 is 0. The molecule has 0 fully saturated rings. The zero-order chi connectivity index (χ0) is 24.0. The minimum absolute atomic E-state index is 0.140. The van der Waals surface area contributed by atoms with Gasteiger partial charge in [0.05, 0.1) is 24.0 Å². The molecule has 0 spiro atoms. The maximum Gasteiger partial charge on any atom is 0.229 e. The predicted molar refractivity (Wildman–Crippen MR) is 140 cm³/mol. The van der Waals surface area contributed by atoms with Gasteiger partial charge < -0.3 is 10.4 Å². The molecule has 1 aliphatic rings. The number of carbonyl (C=O) groups is 1. The van der Waals surface area contributed by atoms with Gasteiger partial charge in [-0.25, -0.2) is 9.97 Å². The number of nitrogens with one attached hydrogen (secondary N) is 1. The number of allylic oxidation sites excluding steroid dienone is 6. The molecular formula is C30H25N3O2. The standard InChI is InChI=1S/C30H25N3O2/c34-26-15-13-24(14-16-26)28-20-31-30(27(32-28)18-21-7-3-1-2-4-8-21)33-29(35)19-22-11-12-23-9-5-6-10-25(23)17-22/h1,3-17,20,34H,2,18-19H2,(H,31,33,35). The molecule has 0 saturated heterocycles. The van der Waals surface area contributed by atoms with Gasteiger partial charge in [0.1, 0.15) is 5.75 Å². The molecule has 35 heavy (non-hydrogen) atoms. The van der Waals surface area contributed by atoms with Gasteiger partial charge in [0.25, 0.3) is 0 Å². The van der Waals surface area contributed by atoms with Crippen LogP contribution in [0.3, 0.4) is 0 Å². The highest BCUT2D eigenvalue weighted by Gasteiger charge is 2.14. The molecule has 0 unspecified atom stereocenters. The quantitative estimate of drug-likeness (QED) is 0.362. The van der Waals surface area contributed by atoms with Crippen molar-refractivity contribution in [2.75, 3.05) is 5.32 Å². The number of amides is 1. The molecule has 0 saturated carbocycles. The fourth-order valence-corrected chi connectivity index (χ4v) is 4.07. The smallest absolute Gasteiger partial charge is 0.229 e. The number of rotatable bonds is 6. The summed E-state index contributed by atoms with van der Waals surface area (Å²) in [6.07, 6.45) is 13.7. The number of aromatic hydroxyl groups is 1. The molecule has 5 heteroatoms. The Labute approximate surface area is 204 Å². The van der Waals surface area contributed by atoms with E-state index < -0.39 is 0 Å². The zero-order valence-electron chi connectivity index (χ0n) is 19.2. The Hall–Kier alpha value is -4.51. The molecular weight excluding hydrogens is 434 g/mol. The van der Waals surface area contributed by atoms with Crippen LogP contribution < -0.4 is 5.32 Å². The first-order valence-electron chi connectivity index (χ1n) is 11.6. The fourth-order valence-electron chi connectivity index (χ4n) is 4.07. The zero-order valence-corrected chi connectivity index (χ0v) is 19.2. The van der Waals surface area contributed by atoms with E-state index in [0.29, 0.717) is 23.6 Å². The van der Waals surface area contributed by atoms with E-state index in [1.54, 1.807) is 30.5 Å². The van der Waals surface area contributed by atoms with Crippen molar-refractivity contribution in [2.24, 2.45) is 0 Å². The van der Waals surface area contributed by atoms with Gasteiger partial charge in [-0.1, -0.05) is 72.8 Å². The maximum absolute atomic E-state index is 13.0. The molecule has 1 aromatic heterocycles. The number of phenols is 1. The Morgan fingerprint density at radius 1 is 0.971 bits per heavy atom. The molecule has 1 amide bonds. The predicted octanol–water partition coefficient (Wildman–Crippen LogP) is 6.17. The van der Waals surface area contributed by atoms with Crippen LogP contribution in [0.25, 0.3) is 22.0 Å². The first-order chi connectivity index (χ1) is 17.1. The molecule has 5 nitrogen and oxygen atoms in total. The molecule has 2 N–H and O–H groups in total. The summed E-state index contributed by atoms with van der Waals surface area (Å²) in [5.41, 5.74) is 4.24. The SMILES string of the molecule is O=C(Cc1ccc2ccccc2c1)Nc1ncc(-c2ccc(O)cc2)nc1CC1=CC=CCC=C1. The van der Waals surface area contributed by atoms with Crippen LogP contribution >= 0.6 is 0 Å². The average Bonchev–Trinajstić information content (AvgIpc) is 3.14. The fraction of sp³-hybridized carbons (Fsp3) is 0.100. The van der Waals surface area contributed by atoms with Crippen LogP contribution in [0.5, 0.6) is 5.75 Å². The molecule has 3 aromatic carbocycles. The van der Waals surface area contributed by atoms with Crippen LogP contribution in [0, 0.1) is 0 Å². The third-order valence-corrected chi connectivity index (χ3v) is 5.87. The second-order valence-electron chi connectivity index (χ2n) is 8.49. The van der Waals surface area contributed by atoms with Crippen LogP contribution in [0.1, 0.15) is 17.7 Å². The van der Waals surface area contributed by atoms with Crippen molar-refractivity contribution in [1.29, 1.82) is 0 Å². The van der Waals surface area contributed by atoms with E-state index in [2.05, 4.69) is 40.7 Å². The first-order valence-corrected chi connectivity index (χ1v) is 11.6. The summed E-state index contributed by atoms with van der Waals surface area (Å²) in [4.78, 5) is 22.4. The van der Waals surface area contributed by atoms with E-state index in [1.807, 2.05) is 42.5 Å². The van der Waals surface area contributed by atoms with Gasteiger partial charge in [-0.2, -0.15) is 0 Å². The van der Waals surface area contributed by atoms with E-state index in [1.165, 1.54) is 0 Å². The van der Waals surface area contributed by atoms with E-state index in [9.17, 15) is 9.90 Å². The molecule has 4 aromatic rings. The van der Waals surface area contributed by atoms with Crippen molar-refractivity contribution in [3.8, 4) is 17.0 Å². The second-order valence-corrected chi connectivity index (χ2v) is 8.49. The van der Waals surface area contributed by atoms with Crippen molar-refractivity contribution in [1.82, 2.24) is 9.97 Å². The molecule has 1 heterocycles. The summed E-state index contributed by atoms with van der Waals surface area (Å²) < 4.78 is 0. The highest BCUT2D eigenvalue weighted by atomic mass is 16.3. The Kier molecular flexibility index (Phi) is 6.48. The number of phenolic OH excluding ortho intramolecular Hbond substituents is 1. The summed E-state index contributed by atoms with van der Waals surface area (Å²) in [6.45, 7) is 0. The Bertz CT molecular complexity index is 1470. The van der Waals surface area contributed by atoms with Crippen molar-refractivity contribution in [3.63, 3.8) is 0 Å². The lowest BCUT2D eigenvalue weighted by Crippen LogP contribution is -2.17. The number of nitrogens with zero attached hydrogens (tertiary/aromatic N) is 2. The highest BCUT2D eigenvalue weighted by molar-refractivity contribution is 5.93. The van der Waals surface area contributed by atoms with Crippen LogP contribution in [-0.4, -0.2) is 21.0 Å². The van der Waals surface area contributed by atoms with Gasteiger partial charge in [0.15, 0.2) is 5.82 Å². The molecule has 0 atom stereocenters. The van der Waals surface area contributed by atoms with Gasteiger partial charge >= 0.3 is 0 Å². The molecule has 1 aliphatic carbocycles. The molecule has 172 valence electrons. The number of benzene rings is 3. The van der Waals surface area contributed by atoms with E-state index in [0.717, 1.165) is 33.9 Å². The lowest BCUT2D eigenvalue weighted by atomic mass is 10.0. The monoisotopic (exact) mass is 459 g/mol. The lowest BCUT2D eigenvalue weighted by Gasteiger charge is -2.12. The van der Waals surface area contributed by atoms with Gasteiger partial charge in [-0.3, -0.25) is 4.79 Å². The third kappa shape index (κ3) is 5.53. The minimum Gasteiger partial charge on any atom is -0.508 e. The van der Waals surface area contributed by atoms with Crippen molar-refractivity contribution in [3.05, 3.63) is 120 Å². The molecule has 0 radical (unpaired) electrons. The highest BCUT2D eigenvalue weighted by Crippen LogP contribution is 2.24. The minimum atomic E-state index is -0.140. The summed E-state index contributed by atoms with van der Waals surface area (Å²) in [5.74, 6) is 0.513. The first kappa shape index (κ1) is 22.3. The van der Waals surface area contributed by atoms with Crippen molar-refractivity contribution >= 4 is 22.5 Å². The molecule has 0 aliphatic heterocycles. The normalized spacial score (nSPS) is 12.9. The van der Waals surface area contributed by atoms with Crippen LogP contribution in [0.15, 0.2) is 109 Å². The van der Waals surface area contributed by atoms with Crippen LogP contribution in [-0.2, 0) is 17.6 Å². The number of hydrogen-bond acceptors (Lipinski definition) is 4. The average molecular weight is 460 g/mol. The van der Waals surface area contributed by atoms with Crippen LogP contribution in [0.2, 0.25) is 0 Å². The molecule has 0 bridgehead atoms. The van der Waals surface area contributed by atoms with Gasteiger partial charge in [0, 0.05) is 12.0 Å². The van der Waals surface area contributed by atoms with E-state index in [-0.39, 0.29) is 18.1 Å². The number of fused-ring (bicyclic) bond motifs is 1. The Balaban J connectivity index is 1.41.